The molecule has 1 aromatic carbocycles. The molecule has 0 saturated carbocycles. The molecule has 2 heterocycles. The van der Waals surface area contributed by atoms with E-state index in [4.69, 9.17) is 17.2 Å². The van der Waals surface area contributed by atoms with E-state index in [0.717, 1.165) is 44.0 Å². The fraction of sp³-hybridized carbons (Fsp3) is 0.500. The van der Waals surface area contributed by atoms with Crippen LogP contribution in [0.4, 0.5) is 11.8 Å². The van der Waals surface area contributed by atoms with Crippen LogP contribution < -0.4 is 15.5 Å². The molecule has 2 atom stereocenters. The van der Waals surface area contributed by atoms with Crippen LogP contribution in [-0.4, -0.2) is 34.7 Å². The largest absolute Gasteiger partial charge is 0.362 e. The summed E-state index contributed by atoms with van der Waals surface area (Å²) in [4.78, 5) is 11.6. The molecule has 1 aliphatic rings. The van der Waals surface area contributed by atoms with Crippen molar-refractivity contribution in [3.63, 3.8) is 0 Å². The third-order valence-electron chi connectivity index (χ3n) is 5.03. The molecule has 150 valence electrons. The summed E-state index contributed by atoms with van der Waals surface area (Å²) >= 11 is 5.43. The quantitative estimate of drug-likeness (QED) is 0.563. The van der Waals surface area contributed by atoms with Gasteiger partial charge in [0.2, 0.25) is 5.95 Å². The maximum absolute atomic E-state index is 5.43. The van der Waals surface area contributed by atoms with Gasteiger partial charge in [0.25, 0.3) is 0 Å². The average Bonchev–Trinajstić information content (AvgIpc) is 2.65. The highest BCUT2D eigenvalue weighted by molar-refractivity contribution is 7.80. The van der Waals surface area contributed by atoms with Gasteiger partial charge >= 0.3 is 0 Å². The topological polar surface area (TPSA) is 53.1 Å². The molecule has 28 heavy (non-hydrogen) atoms. The number of anilines is 2. The first-order valence-corrected chi connectivity index (χ1v) is 10.6. The number of aryl methyl sites for hydroxylation is 2. The Morgan fingerprint density at radius 3 is 2.57 bits per heavy atom. The molecule has 6 heteroatoms. The molecular formula is C22H31N5S. The smallest absolute Gasteiger partial charge is 0.231 e. The molecule has 1 fully saturated rings. The first kappa shape index (κ1) is 20.5. The maximum Gasteiger partial charge on any atom is 0.231 e. The number of piperidine rings is 1. The molecular weight excluding hydrogens is 366 g/mol. The monoisotopic (exact) mass is 397 g/mol. The number of hydrogen-bond donors (Lipinski definition) is 2. The lowest BCUT2D eigenvalue weighted by atomic mass is 9.92. The highest BCUT2D eigenvalue weighted by atomic mass is 32.1. The van der Waals surface area contributed by atoms with Gasteiger partial charge in [-0.3, -0.25) is 0 Å². The Hall–Kier alpha value is -2.21. The molecule has 3 rings (SSSR count). The first-order chi connectivity index (χ1) is 13.5. The lowest BCUT2D eigenvalue weighted by molar-refractivity contribution is 0.355. The molecule has 0 unspecified atom stereocenters. The minimum absolute atomic E-state index is 0.571. The Kier molecular flexibility index (Phi) is 7.20. The van der Waals surface area contributed by atoms with Crippen molar-refractivity contribution in [2.45, 2.75) is 40.0 Å². The van der Waals surface area contributed by atoms with Crippen molar-refractivity contribution in [1.82, 2.24) is 15.3 Å². The molecule has 2 N–H and O–H groups in total. The van der Waals surface area contributed by atoms with E-state index in [2.05, 4.69) is 64.7 Å². The van der Waals surface area contributed by atoms with Crippen LogP contribution in [0.2, 0.25) is 0 Å². The van der Waals surface area contributed by atoms with Crippen molar-refractivity contribution in [3.05, 3.63) is 47.7 Å². The van der Waals surface area contributed by atoms with Crippen LogP contribution in [0.15, 0.2) is 36.4 Å². The van der Waals surface area contributed by atoms with Crippen LogP contribution in [-0.2, 0) is 6.42 Å². The number of nitrogens with one attached hydrogen (secondary N) is 2. The van der Waals surface area contributed by atoms with Crippen molar-refractivity contribution in [3.8, 4) is 0 Å². The van der Waals surface area contributed by atoms with Gasteiger partial charge in [-0.2, -0.15) is 4.98 Å². The predicted octanol–water partition coefficient (Wildman–Crippen LogP) is 4.19. The van der Waals surface area contributed by atoms with Gasteiger partial charge in [0, 0.05) is 31.4 Å². The highest BCUT2D eigenvalue weighted by Gasteiger charge is 2.23. The van der Waals surface area contributed by atoms with Crippen LogP contribution in [0.1, 0.15) is 37.9 Å². The maximum atomic E-state index is 5.43. The van der Waals surface area contributed by atoms with E-state index in [1.54, 1.807) is 0 Å². The number of nitrogens with zero attached hydrogens (tertiary/aromatic N) is 3. The third kappa shape index (κ3) is 6.16. The van der Waals surface area contributed by atoms with Crippen molar-refractivity contribution in [2.24, 2.45) is 11.8 Å². The van der Waals surface area contributed by atoms with E-state index in [0.29, 0.717) is 22.9 Å². The molecule has 0 radical (unpaired) electrons. The summed E-state index contributed by atoms with van der Waals surface area (Å²) in [6.07, 6.45) is 3.34. The van der Waals surface area contributed by atoms with E-state index in [-0.39, 0.29) is 0 Å². The second-order valence-corrected chi connectivity index (χ2v) is 8.42. The first-order valence-electron chi connectivity index (χ1n) is 10.2. The van der Waals surface area contributed by atoms with Crippen LogP contribution >= 0.6 is 12.2 Å². The van der Waals surface area contributed by atoms with Gasteiger partial charge in [0.15, 0.2) is 5.11 Å². The van der Waals surface area contributed by atoms with Crippen LogP contribution in [0.5, 0.6) is 0 Å². The Bertz CT molecular complexity index is 770. The fourth-order valence-corrected chi connectivity index (χ4v) is 4.10. The summed E-state index contributed by atoms with van der Waals surface area (Å²) < 4.78 is 0. The summed E-state index contributed by atoms with van der Waals surface area (Å²) in [6, 6.07) is 12.6. The van der Waals surface area contributed by atoms with Crippen molar-refractivity contribution >= 4 is 29.1 Å². The summed E-state index contributed by atoms with van der Waals surface area (Å²) in [5, 5.41) is 6.99. The average molecular weight is 398 g/mol. The number of thiocarbonyl (C=S) groups is 1. The van der Waals surface area contributed by atoms with E-state index in [1.165, 1.54) is 12.0 Å². The number of hydrogen-bond acceptors (Lipinski definition) is 4. The molecule has 0 spiro atoms. The molecule has 0 amide bonds. The molecule has 0 aliphatic carbocycles. The predicted molar refractivity (Wildman–Crippen MR) is 121 cm³/mol. The lowest BCUT2D eigenvalue weighted by Gasteiger charge is -2.36. The van der Waals surface area contributed by atoms with Gasteiger partial charge in [-0.05, 0) is 55.8 Å². The summed E-state index contributed by atoms with van der Waals surface area (Å²) in [6.45, 7) is 9.53. The number of rotatable bonds is 6. The Morgan fingerprint density at radius 2 is 1.86 bits per heavy atom. The molecule has 0 bridgehead atoms. The van der Waals surface area contributed by atoms with Crippen LogP contribution in [0.25, 0.3) is 0 Å². The van der Waals surface area contributed by atoms with E-state index in [1.807, 2.05) is 13.0 Å². The van der Waals surface area contributed by atoms with Gasteiger partial charge in [-0.1, -0.05) is 44.2 Å². The van der Waals surface area contributed by atoms with Crippen molar-refractivity contribution < 1.29 is 0 Å². The minimum Gasteiger partial charge on any atom is -0.362 e. The summed E-state index contributed by atoms with van der Waals surface area (Å²) in [7, 11) is 0. The zero-order valence-corrected chi connectivity index (χ0v) is 17.9. The minimum atomic E-state index is 0.571. The molecule has 1 saturated heterocycles. The lowest BCUT2D eigenvalue weighted by Crippen LogP contribution is -2.39. The number of benzene rings is 1. The normalized spacial score (nSPS) is 19.3. The number of aromatic nitrogens is 2. The van der Waals surface area contributed by atoms with Gasteiger partial charge in [0.05, 0.1) is 0 Å². The van der Waals surface area contributed by atoms with Crippen molar-refractivity contribution in [1.29, 1.82) is 0 Å². The second-order valence-electron chi connectivity index (χ2n) is 8.01. The van der Waals surface area contributed by atoms with Gasteiger partial charge in [-0.15, -0.1) is 0 Å². The fourth-order valence-electron chi connectivity index (χ4n) is 3.90. The molecule has 1 aromatic heterocycles. The SMILES string of the molecule is Cc1cc(N2C[C@@H](C)C[C@H](C)C2)nc(NC(=S)NCCCc2ccccc2)n1. The van der Waals surface area contributed by atoms with Gasteiger partial charge < -0.3 is 15.5 Å². The van der Waals surface area contributed by atoms with Crippen molar-refractivity contribution in [2.75, 3.05) is 29.9 Å². The Balaban J connectivity index is 1.52. The summed E-state index contributed by atoms with van der Waals surface area (Å²) in [5.41, 5.74) is 2.30. The third-order valence-corrected chi connectivity index (χ3v) is 5.28. The van der Waals surface area contributed by atoms with Gasteiger partial charge in [-0.25, -0.2) is 4.98 Å². The summed E-state index contributed by atoms with van der Waals surface area (Å²) in [5.74, 6) is 2.92. The van der Waals surface area contributed by atoms with E-state index < -0.39 is 0 Å². The molecule has 5 nitrogen and oxygen atoms in total. The van der Waals surface area contributed by atoms with Crippen LogP contribution in [0, 0.1) is 18.8 Å². The second kappa shape index (κ2) is 9.82. The standard InChI is InChI=1S/C22H31N5S/c1-16-12-17(2)15-27(14-16)20-13-18(3)24-21(25-20)26-22(28)23-11-7-10-19-8-5-4-6-9-19/h4-6,8-9,13,16-17H,7,10-12,14-15H2,1-3H3,(H2,23,24,25,26,28)/t16-,17-/m0/s1. The highest BCUT2D eigenvalue weighted by Crippen LogP contribution is 2.25. The van der Waals surface area contributed by atoms with Gasteiger partial charge in [0.1, 0.15) is 5.82 Å². The Morgan fingerprint density at radius 1 is 1.14 bits per heavy atom. The Labute approximate surface area is 174 Å². The van der Waals surface area contributed by atoms with E-state index >= 15 is 0 Å². The molecule has 2 aromatic rings. The zero-order chi connectivity index (χ0) is 19.9. The van der Waals surface area contributed by atoms with Crippen LogP contribution in [0.3, 0.4) is 0 Å². The van der Waals surface area contributed by atoms with E-state index in [9.17, 15) is 0 Å². The zero-order valence-electron chi connectivity index (χ0n) is 17.1. The molecule has 1 aliphatic heterocycles.